The maximum Gasteiger partial charge on any atom is 0.189 e. The maximum atomic E-state index is 10.5. The van der Waals surface area contributed by atoms with Crippen LogP contribution < -0.4 is 0 Å². The molecule has 0 aliphatic carbocycles. The first kappa shape index (κ1) is 21.0. The van der Waals surface area contributed by atoms with Crippen LogP contribution in [0.1, 0.15) is 1.37 Å². The lowest BCUT2D eigenvalue weighted by atomic mass is 10.1. The highest BCUT2D eigenvalue weighted by atomic mass is 16.4. The molecule has 0 amide bonds. The molecule has 0 aliphatic rings. The van der Waals surface area contributed by atoms with E-state index < -0.39 is 68.5 Å². The number of ketones is 1. The normalized spacial score (nSPS) is 19.6. The number of aldehydes is 1. The van der Waals surface area contributed by atoms with Gasteiger partial charge in [-0.1, -0.05) is 0 Å². The zero-order valence-corrected chi connectivity index (χ0v) is 11.4. The lowest BCUT2D eigenvalue weighted by molar-refractivity contribution is -0.142. The third-order valence-electron chi connectivity index (χ3n) is 2.42. The Balaban J connectivity index is 0. The van der Waals surface area contributed by atoms with Crippen molar-refractivity contribution in [1.82, 2.24) is 0 Å². The van der Waals surface area contributed by atoms with E-state index in [9.17, 15) is 9.59 Å². The number of carbonyl (C=O) groups is 2. The van der Waals surface area contributed by atoms with Crippen molar-refractivity contribution in [2.24, 2.45) is 0 Å². The molecular formula is C11H22O11. The van der Waals surface area contributed by atoms with Crippen LogP contribution in [0.2, 0.25) is 0 Å². The van der Waals surface area contributed by atoms with Gasteiger partial charge in [0, 0.05) is 0 Å². The first-order valence-electron chi connectivity index (χ1n) is 6.49. The number of carbonyl (C=O) groups excluding carboxylic acids is 2. The van der Waals surface area contributed by atoms with Gasteiger partial charge in [-0.2, -0.15) is 0 Å². The minimum atomic E-state index is -1.96. The second-order valence-electron chi connectivity index (χ2n) is 4.11. The molecule has 11 heteroatoms. The summed E-state index contributed by atoms with van der Waals surface area (Å²) in [5.41, 5.74) is 0. The van der Waals surface area contributed by atoms with Gasteiger partial charge in [-0.15, -0.1) is 0 Å². The van der Waals surface area contributed by atoms with Gasteiger partial charge in [0.25, 0.3) is 0 Å². The summed E-state index contributed by atoms with van der Waals surface area (Å²) in [5.74, 6) is -1.00. The number of hydrogen-bond donors (Lipinski definition) is 9. The van der Waals surface area contributed by atoms with E-state index in [1.165, 1.54) is 0 Å². The van der Waals surface area contributed by atoms with Crippen LogP contribution >= 0.6 is 0 Å². The Morgan fingerprint density at radius 3 is 1.64 bits per heavy atom. The zero-order valence-electron chi connectivity index (χ0n) is 12.4. The Hall–Kier alpha value is -1.02. The summed E-state index contributed by atoms with van der Waals surface area (Å²) in [6.45, 7) is -2.46. The summed E-state index contributed by atoms with van der Waals surface area (Å²) in [7, 11) is 0. The van der Waals surface area contributed by atoms with Crippen LogP contribution in [-0.4, -0.2) is 114 Å². The first-order chi connectivity index (χ1) is 10.5. The molecule has 0 aliphatic heterocycles. The Kier molecular flexibility index (Phi) is 11.9. The third kappa shape index (κ3) is 8.43. The number of rotatable bonds is 9. The van der Waals surface area contributed by atoms with E-state index in [0.717, 1.165) is 0 Å². The summed E-state index contributed by atoms with van der Waals surface area (Å²) in [4.78, 5) is 20.6. The molecule has 0 saturated heterocycles. The van der Waals surface area contributed by atoms with Gasteiger partial charge >= 0.3 is 0 Å². The molecule has 6 atom stereocenters. The van der Waals surface area contributed by atoms with Crippen molar-refractivity contribution in [3.05, 3.63) is 0 Å². The van der Waals surface area contributed by atoms with Gasteiger partial charge in [-0.25, -0.2) is 0 Å². The van der Waals surface area contributed by atoms with Crippen LogP contribution in [-0.2, 0) is 9.59 Å². The molecule has 0 aromatic heterocycles. The monoisotopic (exact) mass is 331 g/mol. The molecule has 0 saturated carbocycles. The molecular weight excluding hydrogens is 308 g/mol. The molecule has 132 valence electrons. The number of aliphatic hydroxyl groups is 9. The lowest BCUT2D eigenvalue weighted by Crippen LogP contribution is -2.44. The van der Waals surface area contributed by atoms with E-state index in [-0.39, 0.29) is 0 Å². The molecule has 0 aromatic carbocycles. The van der Waals surface area contributed by atoms with Gasteiger partial charge < -0.3 is 50.8 Å². The first-order valence-corrected chi connectivity index (χ1v) is 5.99. The predicted molar refractivity (Wildman–Crippen MR) is 68.4 cm³/mol. The Morgan fingerprint density at radius 2 is 1.32 bits per heavy atom. The lowest BCUT2D eigenvalue weighted by Gasteiger charge is -2.19. The Bertz CT molecular complexity index is 353. The van der Waals surface area contributed by atoms with Crippen molar-refractivity contribution in [1.29, 1.82) is 0 Å². The summed E-state index contributed by atoms with van der Waals surface area (Å²) < 4.78 is 6.34. The second-order valence-corrected chi connectivity index (χ2v) is 4.11. The molecule has 11 nitrogen and oxygen atoms in total. The quantitative estimate of drug-likeness (QED) is 0.181. The zero-order chi connectivity index (χ0) is 18.7. The second kappa shape index (κ2) is 12.5. The van der Waals surface area contributed by atoms with Crippen molar-refractivity contribution < 1.29 is 56.9 Å². The number of hydrogen-bond acceptors (Lipinski definition) is 11. The standard InChI is InChI=1S/C6H12O6.C5H10O5/c7-1-3(9)5(11)6(12)4(10)2-8;6-1-3(8)5(10)4(9)2-7/h3,5-9,11-12H,1-2H2;1,3-5,7-10H,2H2/t3-,5-,6-;3-,4+,5+/m11/s1/i;1D. The minimum Gasteiger partial charge on any atom is -0.394 e. The summed E-state index contributed by atoms with van der Waals surface area (Å²) >= 11 is 0. The van der Waals surface area contributed by atoms with Crippen molar-refractivity contribution in [3.63, 3.8) is 0 Å². The topological polar surface area (TPSA) is 216 Å². The Labute approximate surface area is 126 Å². The fourth-order valence-electron chi connectivity index (χ4n) is 0.991. The summed E-state index contributed by atoms with van der Waals surface area (Å²) in [6, 6.07) is 0. The average Bonchev–Trinajstić information content (AvgIpc) is 2.56. The number of aliphatic hydroxyl groups excluding tert-OH is 9. The molecule has 9 N–H and O–H groups in total. The van der Waals surface area contributed by atoms with Crippen molar-refractivity contribution in [2.75, 3.05) is 19.8 Å². The van der Waals surface area contributed by atoms with Gasteiger partial charge in [0.1, 0.15) is 44.6 Å². The highest BCUT2D eigenvalue weighted by Crippen LogP contribution is 2.00. The highest BCUT2D eigenvalue weighted by molar-refractivity contribution is 5.84. The van der Waals surface area contributed by atoms with Crippen LogP contribution in [0.15, 0.2) is 0 Å². The maximum absolute atomic E-state index is 10.5. The van der Waals surface area contributed by atoms with Crippen LogP contribution in [0.25, 0.3) is 0 Å². The molecule has 0 heterocycles. The van der Waals surface area contributed by atoms with E-state index in [0.29, 0.717) is 0 Å². The Morgan fingerprint density at radius 1 is 0.909 bits per heavy atom. The van der Waals surface area contributed by atoms with E-state index in [2.05, 4.69) is 0 Å². The largest absolute Gasteiger partial charge is 0.394 e. The molecule has 0 fully saturated rings. The highest BCUT2D eigenvalue weighted by Gasteiger charge is 2.28. The predicted octanol–water partition coefficient (Wildman–Crippen LogP) is -6.12. The van der Waals surface area contributed by atoms with E-state index in [1.54, 1.807) is 0 Å². The van der Waals surface area contributed by atoms with Crippen LogP contribution in [0, 0.1) is 0 Å². The SMILES string of the molecule is O=C(CO)[C@@H](O)[C@H](O)[C@H](O)CO.[2H]C(=O)[C@@H](O)[C@H](O)[C@@H](O)CO. The van der Waals surface area contributed by atoms with Gasteiger partial charge in [0.15, 0.2) is 12.0 Å². The molecule has 0 radical (unpaired) electrons. The third-order valence-corrected chi connectivity index (χ3v) is 2.42. The molecule has 22 heavy (non-hydrogen) atoms. The van der Waals surface area contributed by atoms with Crippen LogP contribution in [0.4, 0.5) is 0 Å². The van der Waals surface area contributed by atoms with Crippen molar-refractivity contribution >= 4 is 12.0 Å². The number of Topliss-reactive ketones (excluding diaryl/α,β-unsaturated/α-hetero) is 1. The summed E-state index contributed by atoms with van der Waals surface area (Å²) in [6.07, 6.45) is -12.0. The van der Waals surface area contributed by atoms with Crippen molar-refractivity contribution in [2.45, 2.75) is 36.6 Å². The fraction of sp³-hybridized carbons (Fsp3) is 0.818. The van der Waals surface area contributed by atoms with Gasteiger partial charge in [-0.3, -0.25) is 4.79 Å². The molecule has 0 bridgehead atoms. The van der Waals surface area contributed by atoms with E-state index in [1.807, 2.05) is 0 Å². The minimum absolute atomic E-state index is 0.767. The van der Waals surface area contributed by atoms with Crippen LogP contribution in [0.3, 0.4) is 0 Å². The molecule has 0 rings (SSSR count). The fourth-order valence-corrected chi connectivity index (χ4v) is 0.991. The molecule has 0 unspecified atom stereocenters. The molecule has 0 spiro atoms. The van der Waals surface area contributed by atoms with E-state index in [4.69, 9.17) is 47.3 Å². The van der Waals surface area contributed by atoms with Crippen LogP contribution in [0.5, 0.6) is 0 Å². The van der Waals surface area contributed by atoms with Gasteiger partial charge in [-0.05, 0) is 0 Å². The van der Waals surface area contributed by atoms with Gasteiger partial charge in [0.05, 0.1) is 13.2 Å². The summed E-state index contributed by atoms with van der Waals surface area (Å²) in [5, 5.41) is 77.3. The smallest absolute Gasteiger partial charge is 0.189 e. The molecule has 0 aromatic rings. The average molecular weight is 331 g/mol. The van der Waals surface area contributed by atoms with Gasteiger partial charge in [0.2, 0.25) is 0 Å². The van der Waals surface area contributed by atoms with Crippen molar-refractivity contribution in [3.8, 4) is 0 Å². The van der Waals surface area contributed by atoms with E-state index >= 15 is 0 Å².